The Kier molecular flexibility index (Phi) is 13.8. The average Bonchev–Trinajstić information content (AvgIpc) is 1.89. The molecule has 0 heterocycles. The van der Waals surface area contributed by atoms with Crippen molar-refractivity contribution < 1.29 is 0 Å². The topological polar surface area (TPSA) is 23.8 Å². The van der Waals surface area contributed by atoms with E-state index in [1.54, 1.807) is 0 Å². The zero-order valence-electron chi connectivity index (χ0n) is 5.44. The summed E-state index contributed by atoms with van der Waals surface area (Å²) in [7, 11) is 0. The van der Waals surface area contributed by atoms with E-state index in [4.69, 9.17) is 28.5 Å². The highest BCUT2D eigenvalue weighted by Crippen LogP contribution is 1.82. The Morgan fingerprint density at radius 2 is 1.56 bits per heavy atom. The van der Waals surface area contributed by atoms with E-state index >= 15 is 0 Å². The van der Waals surface area contributed by atoms with Crippen molar-refractivity contribution in [1.82, 2.24) is 0 Å². The van der Waals surface area contributed by atoms with Crippen molar-refractivity contribution in [3.63, 3.8) is 0 Å². The highest BCUT2D eigenvalue weighted by atomic mass is 35.5. The van der Waals surface area contributed by atoms with Gasteiger partial charge in [-0.05, 0) is 13.8 Å². The SMILES string of the molecule is CC(C)C#N.ClC=CCl. The van der Waals surface area contributed by atoms with Gasteiger partial charge in [0.15, 0.2) is 0 Å². The number of hydrogen-bond acceptors (Lipinski definition) is 1. The molecule has 0 aromatic rings. The molecule has 0 amide bonds. The molecule has 52 valence electrons. The molecule has 0 aliphatic carbocycles. The monoisotopic (exact) mass is 165 g/mol. The lowest BCUT2D eigenvalue weighted by Gasteiger charge is -1.75. The quantitative estimate of drug-likeness (QED) is 0.542. The van der Waals surface area contributed by atoms with E-state index in [0.29, 0.717) is 0 Å². The van der Waals surface area contributed by atoms with Crippen LogP contribution < -0.4 is 0 Å². The molecule has 9 heavy (non-hydrogen) atoms. The molecule has 3 heteroatoms. The molecule has 0 aromatic heterocycles. The number of rotatable bonds is 0. The summed E-state index contributed by atoms with van der Waals surface area (Å²) < 4.78 is 0. The highest BCUT2D eigenvalue weighted by molar-refractivity contribution is 6.33. The predicted octanol–water partition coefficient (Wildman–Crippen LogP) is 3.10. The maximum Gasteiger partial charge on any atom is 0.0649 e. The maximum absolute atomic E-state index is 7.89. The largest absolute Gasteiger partial charge is 0.198 e. The molecular weight excluding hydrogens is 157 g/mol. The van der Waals surface area contributed by atoms with Crippen molar-refractivity contribution in [3.8, 4) is 6.07 Å². The first kappa shape index (κ1) is 11.6. The van der Waals surface area contributed by atoms with Crippen LogP contribution in [0.2, 0.25) is 0 Å². The fourth-order valence-electron chi connectivity index (χ4n) is 0. The third-order valence-electron chi connectivity index (χ3n) is 0.306. The summed E-state index contributed by atoms with van der Waals surface area (Å²) >= 11 is 9.75. The fraction of sp³-hybridized carbons (Fsp3) is 0.500. The molecule has 0 fully saturated rings. The Balaban J connectivity index is 0. The second kappa shape index (κ2) is 10.7. The van der Waals surface area contributed by atoms with Crippen molar-refractivity contribution in [1.29, 1.82) is 5.26 Å². The van der Waals surface area contributed by atoms with Crippen LogP contribution in [0.1, 0.15) is 13.8 Å². The lowest BCUT2D eigenvalue weighted by Crippen LogP contribution is -1.72. The highest BCUT2D eigenvalue weighted by Gasteiger charge is 1.78. The minimum atomic E-state index is 0.190. The normalized spacial score (nSPS) is 8.44. The molecule has 0 aromatic carbocycles. The summed E-state index contributed by atoms with van der Waals surface area (Å²) in [4.78, 5) is 0. The van der Waals surface area contributed by atoms with Gasteiger partial charge in [-0.3, -0.25) is 0 Å². The summed E-state index contributed by atoms with van der Waals surface area (Å²) in [6.45, 7) is 3.72. The molecule has 0 radical (unpaired) electrons. The zero-order chi connectivity index (χ0) is 7.70. The van der Waals surface area contributed by atoms with Crippen LogP contribution in [0.5, 0.6) is 0 Å². The van der Waals surface area contributed by atoms with Crippen molar-refractivity contribution >= 4 is 23.2 Å². The fourth-order valence-corrected chi connectivity index (χ4v) is 0. The standard InChI is InChI=1S/C4H7N.C2H2Cl2/c1-4(2)3-5;3-1-2-4/h4H,1-2H3;1-2H. The Labute approximate surface area is 65.9 Å². The van der Waals surface area contributed by atoms with Crippen LogP contribution in [-0.2, 0) is 0 Å². The summed E-state index contributed by atoms with van der Waals surface area (Å²) in [5.74, 6) is 0.190. The van der Waals surface area contributed by atoms with E-state index in [1.807, 2.05) is 19.9 Å². The first-order chi connectivity index (χ1) is 4.18. The molecule has 0 aliphatic heterocycles. The van der Waals surface area contributed by atoms with Crippen LogP contribution in [-0.4, -0.2) is 0 Å². The van der Waals surface area contributed by atoms with Crippen LogP contribution in [0.25, 0.3) is 0 Å². The van der Waals surface area contributed by atoms with E-state index in [9.17, 15) is 0 Å². The lowest BCUT2D eigenvalue weighted by atomic mass is 10.3. The van der Waals surface area contributed by atoms with E-state index in [-0.39, 0.29) is 5.92 Å². The number of halogens is 2. The summed E-state index contributed by atoms with van der Waals surface area (Å²) in [5, 5.41) is 7.89. The first-order valence-electron chi connectivity index (χ1n) is 2.44. The van der Waals surface area contributed by atoms with Crippen molar-refractivity contribution in [2.45, 2.75) is 13.8 Å². The van der Waals surface area contributed by atoms with Gasteiger partial charge in [-0.2, -0.15) is 5.26 Å². The molecular formula is C6H9Cl2N. The van der Waals surface area contributed by atoms with E-state index < -0.39 is 0 Å². The molecule has 0 N–H and O–H groups in total. The van der Waals surface area contributed by atoms with Gasteiger partial charge in [-0.1, -0.05) is 23.2 Å². The van der Waals surface area contributed by atoms with Crippen molar-refractivity contribution in [2.24, 2.45) is 5.92 Å². The first-order valence-corrected chi connectivity index (χ1v) is 3.31. The molecule has 0 saturated carbocycles. The van der Waals surface area contributed by atoms with Gasteiger partial charge in [0.2, 0.25) is 0 Å². The van der Waals surface area contributed by atoms with Gasteiger partial charge in [0.05, 0.1) is 6.07 Å². The molecule has 0 unspecified atom stereocenters. The predicted molar refractivity (Wildman–Crippen MR) is 41.3 cm³/mol. The zero-order valence-corrected chi connectivity index (χ0v) is 6.95. The van der Waals surface area contributed by atoms with Gasteiger partial charge in [0, 0.05) is 17.0 Å². The minimum Gasteiger partial charge on any atom is -0.198 e. The van der Waals surface area contributed by atoms with Gasteiger partial charge in [-0.15, -0.1) is 0 Å². The number of hydrogen-bond donors (Lipinski definition) is 0. The molecule has 0 bridgehead atoms. The number of nitrogens with zero attached hydrogens (tertiary/aromatic N) is 1. The van der Waals surface area contributed by atoms with Gasteiger partial charge < -0.3 is 0 Å². The van der Waals surface area contributed by atoms with Crippen LogP contribution in [0.15, 0.2) is 11.1 Å². The molecule has 0 saturated heterocycles. The van der Waals surface area contributed by atoms with E-state index in [0.717, 1.165) is 0 Å². The smallest absolute Gasteiger partial charge is 0.0649 e. The average molecular weight is 166 g/mol. The Morgan fingerprint density at radius 3 is 1.56 bits per heavy atom. The van der Waals surface area contributed by atoms with Crippen molar-refractivity contribution in [2.75, 3.05) is 0 Å². The van der Waals surface area contributed by atoms with Crippen LogP contribution in [0.3, 0.4) is 0 Å². The van der Waals surface area contributed by atoms with Crippen molar-refractivity contribution in [3.05, 3.63) is 11.1 Å². The Bertz CT molecular complexity index is 98.1. The van der Waals surface area contributed by atoms with Crippen LogP contribution in [0, 0.1) is 17.2 Å². The van der Waals surface area contributed by atoms with Gasteiger partial charge in [0.1, 0.15) is 0 Å². The van der Waals surface area contributed by atoms with Gasteiger partial charge >= 0.3 is 0 Å². The number of nitriles is 1. The molecule has 0 rings (SSSR count). The maximum atomic E-state index is 7.89. The van der Waals surface area contributed by atoms with Crippen LogP contribution >= 0.6 is 23.2 Å². The molecule has 0 aliphatic rings. The van der Waals surface area contributed by atoms with E-state index in [1.165, 1.54) is 11.1 Å². The molecule has 1 nitrogen and oxygen atoms in total. The summed E-state index contributed by atoms with van der Waals surface area (Å²) in [6.07, 6.45) is 0. The Hall–Kier alpha value is -0.190. The van der Waals surface area contributed by atoms with Gasteiger partial charge in [-0.25, -0.2) is 0 Å². The van der Waals surface area contributed by atoms with E-state index in [2.05, 4.69) is 0 Å². The Morgan fingerprint density at radius 1 is 1.33 bits per heavy atom. The van der Waals surface area contributed by atoms with Crippen LogP contribution in [0.4, 0.5) is 0 Å². The van der Waals surface area contributed by atoms with Gasteiger partial charge in [0.25, 0.3) is 0 Å². The molecule has 0 atom stereocenters. The second-order valence-corrected chi connectivity index (χ2v) is 2.04. The minimum absolute atomic E-state index is 0.190. The summed E-state index contributed by atoms with van der Waals surface area (Å²) in [6, 6.07) is 2.03. The molecule has 0 spiro atoms. The third-order valence-corrected chi connectivity index (χ3v) is 0.687. The summed E-state index contributed by atoms with van der Waals surface area (Å²) in [5.41, 5.74) is 2.48. The lowest BCUT2D eigenvalue weighted by molar-refractivity contribution is 0.849. The third kappa shape index (κ3) is 33.4. The second-order valence-electron chi connectivity index (χ2n) is 1.54.